The summed E-state index contributed by atoms with van der Waals surface area (Å²) in [7, 11) is 0. The van der Waals surface area contributed by atoms with E-state index in [1.165, 1.54) is 5.56 Å². The van der Waals surface area contributed by atoms with E-state index in [-0.39, 0.29) is 11.9 Å². The number of carbonyl (C=O) groups is 1. The molecule has 138 valence electrons. The molecule has 1 atom stereocenters. The monoisotopic (exact) mass is 378 g/mol. The van der Waals surface area contributed by atoms with Gasteiger partial charge >= 0.3 is 0 Å². The van der Waals surface area contributed by atoms with E-state index in [2.05, 4.69) is 36.5 Å². The molecule has 1 unspecified atom stereocenters. The Morgan fingerprint density at radius 3 is 2.70 bits per heavy atom. The van der Waals surface area contributed by atoms with Crippen LogP contribution in [0.2, 0.25) is 5.02 Å². The van der Waals surface area contributed by atoms with Gasteiger partial charge < -0.3 is 5.32 Å². The quantitative estimate of drug-likeness (QED) is 0.657. The topological polar surface area (TPSA) is 42.0 Å². The Morgan fingerprint density at radius 1 is 1.19 bits per heavy atom. The largest absolute Gasteiger partial charge is 0.345 e. The van der Waals surface area contributed by atoms with Crippen molar-refractivity contribution in [3.8, 4) is 0 Å². The Kier molecular flexibility index (Phi) is 4.88. The fraction of sp³-hybridized carbons (Fsp3) is 0.304. The van der Waals surface area contributed by atoms with Crippen molar-refractivity contribution in [2.75, 3.05) is 0 Å². The Balaban J connectivity index is 1.70. The number of nitrogens with zero attached hydrogens (tertiary/aromatic N) is 1. The van der Waals surface area contributed by atoms with Gasteiger partial charge in [0.1, 0.15) is 0 Å². The fourth-order valence-electron chi connectivity index (χ4n) is 3.89. The average molecular weight is 379 g/mol. The Morgan fingerprint density at radius 2 is 1.96 bits per heavy atom. The molecule has 1 heterocycles. The van der Waals surface area contributed by atoms with Crippen LogP contribution >= 0.6 is 11.6 Å². The standard InChI is InChI=1S/C23H23ClN2O/c1-3-15-7-9-16(10-8-15)14(2)25-23(27)22-18-5-4-6-20(18)26-21-12-11-17(24)13-19(21)22/h7-14H,3-6H2,1-2H3,(H,25,27). The summed E-state index contributed by atoms with van der Waals surface area (Å²) in [5.74, 6) is -0.0464. The number of hydrogen-bond donors (Lipinski definition) is 1. The molecule has 27 heavy (non-hydrogen) atoms. The summed E-state index contributed by atoms with van der Waals surface area (Å²) < 4.78 is 0. The van der Waals surface area contributed by atoms with Gasteiger partial charge in [0.15, 0.2) is 0 Å². The molecule has 1 N–H and O–H groups in total. The van der Waals surface area contributed by atoms with Gasteiger partial charge in [-0.05, 0) is 67.5 Å². The second-order valence-electron chi connectivity index (χ2n) is 7.22. The van der Waals surface area contributed by atoms with E-state index in [0.717, 1.165) is 59.0 Å². The van der Waals surface area contributed by atoms with Crippen LogP contribution in [0.1, 0.15) is 59.1 Å². The van der Waals surface area contributed by atoms with E-state index in [4.69, 9.17) is 16.6 Å². The number of aromatic nitrogens is 1. The minimum atomic E-state index is -0.0668. The molecule has 4 rings (SSSR count). The lowest BCUT2D eigenvalue weighted by molar-refractivity contribution is 0.0940. The second-order valence-corrected chi connectivity index (χ2v) is 7.65. The van der Waals surface area contributed by atoms with Gasteiger partial charge in [-0.3, -0.25) is 9.78 Å². The number of halogens is 1. The lowest BCUT2D eigenvalue weighted by Crippen LogP contribution is -2.28. The molecule has 0 saturated carbocycles. The number of amides is 1. The zero-order valence-corrected chi connectivity index (χ0v) is 16.4. The first-order valence-electron chi connectivity index (χ1n) is 9.57. The van der Waals surface area contributed by atoms with Crippen molar-refractivity contribution < 1.29 is 4.79 Å². The molecule has 3 nitrogen and oxygen atoms in total. The molecule has 1 aliphatic carbocycles. The third-order valence-corrected chi connectivity index (χ3v) is 5.67. The number of carbonyl (C=O) groups excluding carboxylic acids is 1. The number of rotatable bonds is 4. The zero-order chi connectivity index (χ0) is 19.0. The van der Waals surface area contributed by atoms with E-state index < -0.39 is 0 Å². The summed E-state index contributed by atoms with van der Waals surface area (Å²) >= 11 is 6.22. The Hall–Kier alpha value is -2.39. The molecule has 2 aromatic carbocycles. The minimum Gasteiger partial charge on any atom is -0.345 e. The van der Waals surface area contributed by atoms with Gasteiger partial charge in [-0.1, -0.05) is 42.8 Å². The van der Waals surface area contributed by atoms with Crippen molar-refractivity contribution >= 4 is 28.4 Å². The number of hydrogen-bond acceptors (Lipinski definition) is 2. The number of benzene rings is 2. The van der Waals surface area contributed by atoms with Crippen molar-refractivity contribution in [2.24, 2.45) is 0 Å². The first kappa shape index (κ1) is 18.0. The highest BCUT2D eigenvalue weighted by Gasteiger charge is 2.25. The summed E-state index contributed by atoms with van der Waals surface area (Å²) in [6.45, 7) is 4.16. The third-order valence-electron chi connectivity index (χ3n) is 5.44. The number of pyridine rings is 1. The van der Waals surface area contributed by atoms with Crippen LogP contribution in [0.25, 0.3) is 10.9 Å². The maximum absolute atomic E-state index is 13.3. The van der Waals surface area contributed by atoms with Crippen molar-refractivity contribution in [3.05, 3.63) is 75.4 Å². The van der Waals surface area contributed by atoms with Gasteiger partial charge in [0.2, 0.25) is 0 Å². The molecule has 0 saturated heterocycles. The van der Waals surface area contributed by atoms with Crippen molar-refractivity contribution in [3.63, 3.8) is 0 Å². The fourth-order valence-corrected chi connectivity index (χ4v) is 4.06. The summed E-state index contributed by atoms with van der Waals surface area (Å²) in [5, 5.41) is 4.65. The van der Waals surface area contributed by atoms with E-state index >= 15 is 0 Å². The normalized spacial score (nSPS) is 14.2. The van der Waals surface area contributed by atoms with E-state index in [1.54, 1.807) is 0 Å². The summed E-state index contributed by atoms with van der Waals surface area (Å²) in [6.07, 6.45) is 3.88. The number of fused-ring (bicyclic) bond motifs is 2. The van der Waals surface area contributed by atoms with Crippen LogP contribution in [0.3, 0.4) is 0 Å². The predicted octanol–water partition coefficient (Wildman–Crippen LogP) is 5.43. The van der Waals surface area contributed by atoms with Crippen LogP contribution in [-0.2, 0) is 19.3 Å². The van der Waals surface area contributed by atoms with Crippen LogP contribution in [-0.4, -0.2) is 10.9 Å². The van der Waals surface area contributed by atoms with Crippen molar-refractivity contribution in [1.82, 2.24) is 10.3 Å². The maximum atomic E-state index is 13.3. The highest BCUT2D eigenvalue weighted by Crippen LogP contribution is 2.32. The molecule has 1 aromatic heterocycles. The molecule has 0 aliphatic heterocycles. The van der Waals surface area contributed by atoms with Gasteiger partial charge in [-0.25, -0.2) is 0 Å². The molecule has 0 fully saturated rings. The third kappa shape index (κ3) is 3.44. The van der Waals surface area contributed by atoms with E-state index in [9.17, 15) is 4.79 Å². The predicted molar refractivity (Wildman–Crippen MR) is 110 cm³/mol. The first-order valence-corrected chi connectivity index (χ1v) is 9.95. The summed E-state index contributed by atoms with van der Waals surface area (Å²) in [6, 6.07) is 14.0. The van der Waals surface area contributed by atoms with Gasteiger partial charge in [-0.15, -0.1) is 0 Å². The van der Waals surface area contributed by atoms with Crippen LogP contribution in [0.4, 0.5) is 0 Å². The van der Waals surface area contributed by atoms with Crippen LogP contribution in [0.5, 0.6) is 0 Å². The van der Waals surface area contributed by atoms with Gasteiger partial charge in [0, 0.05) is 16.1 Å². The highest BCUT2D eigenvalue weighted by molar-refractivity contribution is 6.31. The van der Waals surface area contributed by atoms with Crippen LogP contribution < -0.4 is 5.32 Å². The molecular formula is C23H23ClN2O. The second kappa shape index (κ2) is 7.32. The Labute approximate surface area is 164 Å². The van der Waals surface area contributed by atoms with E-state index in [0.29, 0.717) is 5.02 Å². The molecule has 3 aromatic rings. The lowest BCUT2D eigenvalue weighted by Gasteiger charge is -2.18. The van der Waals surface area contributed by atoms with Gasteiger partial charge in [0.25, 0.3) is 5.91 Å². The number of aryl methyl sites for hydroxylation is 2. The minimum absolute atomic E-state index is 0.0464. The smallest absolute Gasteiger partial charge is 0.252 e. The average Bonchev–Trinajstić information content (AvgIpc) is 3.14. The molecule has 0 radical (unpaired) electrons. The molecule has 1 aliphatic rings. The molecule has 0 bridgehead atoms. The molecule has 4 heteroatoms. The van der Waals surface area contributed by atoms with E-state index in [1.807, 2.05) is 25.1 Å². The highest BCUT2D eigenvalue weighted by atomic mass is 35.5. The van der Waals surface area contributed by atoms with Crippen molar-refractivity contribution in [2.45, 2.75) is 45.6 Å². The first-order chi connectivity index (χ1) is 13.1. The van der Waals surface area contributed by atoms with Crippen LogP contribution in [0, 0.1) is 0 Å². The summed E-state index contributed by atoms with van der Waals surface area (Å²) in [4.78, 5) is 18.0. The van der Waals surface area contributed by atoms with Gasteiger partial charge in [-0.2, -0.15) is 0 Å². The van der Waals surface area contributed by atoms with Crippen LogP contribution in [0.15, 0.2) is 42.5 Å². The molecule has 1 amide bonds. The SMILES string of the molecule is CCc1ccc(C(C)NC(=O)c2c3c(nc4ccc(Cl)cc24)CCC3)cc1. The molecular weight excluding hydrogens is 356 g/mol. The summed E-state index contributed by atoms with van der Waals surface area (Å²) in [5.41, 5.74) is 6.11. The Bertz CT molecular complexity index is 1010. The lowest BCUT2D eigenvalue weighted by atomic mass is 9.99. The maximum Gasteiger partial charge on any atom is 0.252 e. The van der Waals surface area contributed by atoms with Crippen molar-refractivity contribution in [1.29, 1.82) is 0 Å². The zero-order valence-electron chi connectivity index (χ0n) is 15.7. The van der Waals surface area contributed by atoms with Gasteiger partial charge in [0.05, 0.1) is 17.1 Å². The molecule has 0 spiro atoms. The number of nitrogens with one attached hydrogen (secondary N) is 1.